The Hall–Kier alpha value is -1.44. The summed E-state index contributed by atoms with van der Waals surface area (Å²) in [4.78, 5) is 2.06. The van der Waals surface area contributed by atoms with Gasteiger partial charge in [0.2, 0.25) is 0 Å². The predicted molar refractivity (Wildman–Crippen MR) is 88.4 cm³/mol. The zero-order valence-electron chi connectivity index (χ0n) is 12.8. The number of rotatable bonds is 1. The van der Waals surface area contributed by atoms with E-state index < -0.39 is 0 Å². The molecule has 1 aromatic carbocycles. The third-order valence-electron chi connectivity index (χ3n) is 2.65. The Balaban J connectivity index is 0.000000307. The Morgan fingerprint density at radius 2 is 1.48 bits per heavy atom. The minimum Gasteiger partial charge on any atom is -0.428 e. The minimum atomic E-state index is 0. The molecule has 0 saturated heterocycles. The first-order valence-corrected chi connectivity index (χ1v) is 6.73. The van der Waals surface area contributed by atoms with Crippen LogP contribution >= 0.6 is 0 Å². The molecule has 0 aliphatic heterocycles. The van der Waals surface area contributed by atoms with Crippen molar-refractivity contribution in [2.75, 3.05) is 19.0 Å². The van der Waals surface area contributed by atoms with E-state index in [0.29, 0.717) is 0 Å². The van der Waals surface area contributed by atoms with Crippen LogP contribution in [0, 0.1) is 19.1 Å². The van der Waals surface area contributed by atoms with E-state index in [2.05, 4.69) is 42.2 Å². The maximum atomic E-state index is 3.90. The van der Waals surface area contributed by atoms with Crippen LogP contribution in [0.15, 0.2) is 60.7 Å². The van der Waals surface area contributed by atoms with Crippen LogP contribution < -0.4 is 4.90 Å². The molecule has 2 aliphatic rings. The standard InChI is InChI=1S/C9H12N.2C5H5.Ti/c1-8-6-4-5-7-9(8)10(2)3;2*1-2-4-5-3-1;/h4-7H,1H2,2-3H3;2*1-3H,4H2;/q3*-1;+3. The van der Waals surface area contributed by atoms with Gasteiger partial charge in [-0.15, -0.1) is 18.9 Å². The van der Waals surface area contributed by atoms with Crippen molar-refractivity contribution in [2.24, 2.45) is 0 Å². The Morgan fingerprint density at radius 1 is 0.952 bits per heavy atom. The third kappa shape index (κ3) is 9.17. The third-order valence-corrected chi connectivity index (χ3v) is 2.65. The van der Waals surface area contributed by atoms with E-state index >= 15 is 0 Å². The number of hydrogen-bond donors (Lipinski definition) is 0. The second-order valence-corrected chi connectivity index (χ2v) is 4.53. The average Bonchev–Trinajstić information content (AvgIpc) is 3.18. The first-order valence-electron chi connectivity index (χ1n) is 6.73. The van der Waals surface area contributed by atoms with Crippen LogP contribution in [0.3, 0.4) is 0 Å². The second kappa shape index (κ2) is 12.3. The molecule has 0 saturated carbocycles. The van der Waals surface area contributed by atoms with Gasteiger partial charge >= 0.3 is 21.7 Å². The topological polar surface area (TPSA) is 3.24 Å². The van der Waals surface area contributed by atoms with Crippen molar-refractivity contribution in [3.05, 3.63) is 85.4 Å². The molecule has 0 heterocycles. The van der Waals surface area contributed by atoms with Crippen LogP contribution in [-0.2, 0) is 21.7 Å². The molecule has 0 bridgehead atoms. The summed E-state index contributed by atoms with van der Waals surface area (Å²) >= 11 is 0. The summed E-state index contributed by atoms with van der Waals surface area (Å²) in [6.45, 7) is 3.90. The monoisotopic (exact) mass is 312 g/mol. The van der Waals surface area contributed by atoms with Gasteiger partial charge in [0.25, 0.3) is 0 Å². The SMILES string of the molecule is [C-]1=CC=CC1.[C-]1=CC=CC1.[CH2-]c1ccccc1N(C)C.[Ti+3]. The molecule has 3 rings (SSSR count). The first kappa shape index (κ1) is 19.6. The van der Waals surface area contributed by atoms with Crippen molar-refractivity contribution in [2.45, 2.75) is 12.8 Å². The van der Waals surface area contributed by atoms with Gasteiger partial charge in [0.1, 0.15) is 0 Å². The molecule has 1 nitrogen and oxygen atoms in total. The number of benzene rings is 1. The molecular weight excluding hydrogens is 290 g/mol. The van der Waals surface area contributed by atoms with Crippen LogP contribution in [-0.4, -0.2) is 14.1 Å². The summed E-state index contributed by atoms with van der Waals surface area (Å²) in [5, 5.41) is 0. The van der Waals surface area contributed by atoms with Crippen LogP contribution in [0.4, 0.5) is 5.69 Å². The normalized spacial score (nSPS) is 12.9. The number of anilines is 1. The summed E-state index contributed by atoms with van der Waals surface area (Å²) in [6.07, 6.45) is 20.0. The van der Waals surface area contributed by atoms with Crippen molar-refractivity contribution < 1.29 is 21.7 Å². The van der Waals surface area contributed by atoms with Crippen LogP contribution in [0.25, 0.3) is 0 Å². The quantitative estimate of drug-likeness (QED) is 0.543. The van der Waals surface area contributed by atoms with E-state index in [1.54, 1.807) is 0 Å². The smallest absolute Gasteiger partial charge is 0.428 e. The van der Waals surface area contributed by atoms with E-state index in [4.69, 9.17) is 0 Å². The summed E-state index contributed by atoms with van der Waals surface area (Å²) < 4.78 is 0. The first-order chi connectivity index (χ1) is 9.72. The van der Waals surface area contributed by atoms with Gasteiger partial charge in [-0.05, 0) is 14.1 Å². The van der Waals surface area contributed by atoms with Gasteiger partial charge in [-0.25, -0.2) is 24.3 Å². The van der Waals surface area contributed by atoms with E-state index in [1.165, 1.54) is 5.69 Å². The molecular formula is C19H22NTi. The molecule has 0 atom stereocenters. The van der Waals surface area contributed by atoms with Crippen molar-refractivity contribution in [1.82, 2.24) is 0 Å². The summed E-state index contributed by atoms with van der Waals surface area (Å²) in [5.74, 6) is 0. The molecule has 0 N–H and O–H groups in total. The van der Waals surface area contributed by atoms with Gasteiger partial charge < -0.3 is 4.90 Å². The molecule has 107 valence electrons. The maximum absolute atomic E-state index is 3.90. The molecule has 0 amide bonds. The number of para-hydroxylation sites is 1. The average molecular weight is 312 g/mol. The van der Waals surface area contributed by atoms with Crippen LogP contribution in [0.5, 0.6) is 0 Å². The van der Waals surface area contributed by atoms with Gasteiger partial charge in [0.05, 0.1) is 0 Å². The van der Waals surface area contributed by atoms with Gasteiger partial charge in [0.15, 0.2) is 0 Å². The summed E-state index contributed by atoms with van der Waals surface area (Å²) in [5.41, 5.74) is 2.26. The molecule has 1 radical (unpaired) electrons. The molecule has 2 heteroatoms. The molecule has 0 aromatic heterocycles. The van der Waals surface area contributed by atoms with Crippen molar-refractivity contribution in [3.63, 3.8) is 0 Å². The zero-order chi connectivity index (χ0) is 14.6. The van der Waals surface area contributed by atoms with Crippen molar-refractivity contribution >= 4 is 5.69 Å². The second-order valence-electron chi connectivity index (χ2n) is 4.53. The molecule has 0 unspecified atom stereocenters. The Kier molecular flexibility index (Phi) is 11.5. The number of nitrogens with zero attached hydrogens (tertiary/aromatic N) is 1. The molecule has 1 aromatic rings. The maximum Gasteiger partial charge on any atom is 3.00 e. The fraction of sp³-hybridized carbons (Fsp3) is 0.211. The minimum absolute atomic E-state index is 0. The Labute approximate surface area is 144 Å². The fourth-order valence-electron chi connectivity index (χ4n) is 1.63. The largest absolute Gasteiger partial charge is 3.00 e. The predicted octanol–water partition coefficient (Wildman–Crippen LogP) is 4.54. The Morgan fingerprint density at radius 3 is 1.71 bits per heavy atom. The fourth-order valence-corrected chi connectivity index (χ4v) is 1.63. The van der Waals surface area contributed by atoms with Crippen LogP contribution in [0.2, 0.25) is 0 Å². The number of hydrogen-bond acceptors (Lipinski definition) is 1. The van der Waals surface area contributed by atoms with Crippen molar-refractivity contribution in [1.29, 1.82) is 0 Å². The summed E-state index contributed by atoms with van der Waals surface area (Å²) in [6, 6.07) is 8.08. The summed E-state index contributed by atoms with van der Waals surface area (Å²) in [7, 11) is 4.04. The van der Waals surface area contributed by atoms with Gasteiger partial charge in [-0.1, -0.05) is 17.8 Å². The van der Waals surface area contributed by atoms with E-state index in [-0.39, 0.29) is 21.7 Å². The molecule has 2 aliphatic carbocycles. The molecule has 21 heavy (non-hydrogen) atoms. The van der Waals surface area contributed by atoms with E-state index in [9.17, 15) is 0 Å². The van der Waals surface area contributed by atoms with Gasteiger partial charge in [0, 0.05) is 0 Å². The van der Waals surface area contributed by atoms with Gasteiger partial charge in [-0.2, -0.15) is 30.7 Å². The van der Waals surface area contributed by atoms with Gasteiger partial charge in [-0.3, -0.25) is 12.2 Å². The van der Waals surface area contributed by atoms with E-state index in [1.807, 2.05) is 56.6 Å². The van der Waals surface area contributed by atoms with E-state index in [0.717, 1.165) is 18.4 Å². The molecule has 0 fully saturated rings. The zero-order valence-corrected chi connectivity index (χ0v) is 14.4. The Bertz CT molecular complexity index is 454. The molecule has 0 spiro atoms. The number of allylic oxidation sites excluding steroid dienone is 8. The van der Waals surface area contributed by atoms with Crippen molar-refractivity contribution in [3.8, 4) is 0 Å². The van der Waals surface area contributed by atoms with Crippen LogP contribution in [0.1, 0.15) is 18.4 Å².